The van der Waals surface area contributed by atoms with Gasteiger partial charge in [-0.15, -0.1) is 0 Å². The number of hydrogen-bond acceptors (Lipinski definition) is 2. The van der Waals surface area contributed by atoms with Crippen LogP contribution in [0.4, 0.5) is 0 Å². The summed E-state index contributed by atoms with van der Waals surface area (Å²) in [5, 5.41) is 9.52. The van der Waals surface area contributed by atoms with Gasteiger partial charge in [-0.25, -0.2) is 9.78 Å². The third-order valence-electron chi connectivity index (χ3n) is 4.14. The number of aromatic nitrogens is 2. The Labute approximate surface area is 112 Å². The zero-order valence-corrected chi connectivity index (χ0v) is 11.3. The van der Waals surface area contributed by atoms with Gasteiger partial charge in [-0.1, -0.05) is 18.6 Å². The fourth-order valence-corrected chi connectivity index (χ4v) is 2.67. The van der Waals surface area contributed by atoms with Crippen LogP contribution >= 0.6 is 0 Å². The Morgan fingerprint density at radius 3 is 2.63 bits per heavy atom. The van der Waals surface area contributed by atoms with E-state index in [2.05, 4.69) is 4.98 Å². The summed E-state index contributed by atoms with van der Waals surface area (Å²) in [6.07, 6.45) is 3.43. The molecule has 19 heavy (non-hydrogen) atoms. The molecule has 1 aliphatic carbocycles. The molecule has 1 aliphatic rings. The molecule has 4 heteroatoms. The van der Waals surface area contributed by atoms with E-state index in [4.69, 9.17) is 0 Å². The van der Waals surface area contributed by atoms with E-state index in [0.717, 1.165) is 29.7 Å². The fourth-order valence-electron chi connectivity index (χ4n) is 2.67. The van der Waals surface area contributed by atoms with E-state index in [1.54, 1.807) is 13.8 Å². The number of para-hydroxylation sites is 2. The van der Waals surface area contributed by atoms with Crippen molar-refractivity contribution in [1.29, 1.82) is 0 Å². The topological polar surface area (TPSA) is 55.1 Å². The third kappa shape index (κ3) is 1.74. The molecule has 2 aromatic rings. The average Bonchev–Trinajstić information content (AvgIpc) is 2.65. The number of carbonyl (C=O) groups is 1. The fraction of sp³-hybridized carbons (Fsp3) is 0.467. The first-order valence-corrected chi connectivity index (χ1v) is 6.73. The molecule has 0 unspecified atom stereocenters. The van der Waals surface area contributed by atoms with Crippen molar-refractivity contribution in [3.05, 3.63) is 30.1 Å². The van der Waals surface area contributed by atoms with Crippen LogP contribution in [-0.4, -0.2) is 20.6 Å². The van der Waals surface area contributed by atoms with Crippen LogP contribution in [-0.2, 0) is 10.3 Å². The second-order valence-electron chi connectivity index (χ2n) is 5.79. The lowest BCUT2D eigenvalue weighted by Gasteiger charge is -2.31. The van der Waals surface area contributed by atoms with Crippen molar-refractivity contribution < 1.29 is 9.90 Å². The highest BCUT2D eigenvalue weighted by atomic mass is 16.4. The van der Waals surface area contributed by atoms with Crippen LogP contribution in [0.25, 0.3) is 11.0 Å². The summed E-state index contributed by atoms with van der Waals surface area (Å²) >= 11 is 0. The van der Waals surface area contributed by atoms with Crippen molar-refractivity contribution in [2.24, 2.45) is 0 Å². The second kappa shape index (κ2) is 4.08. The molecule has 100 valence electrons. The number of imidazole rings is 1. The molecule has 0 saturated heterocycles. The van der Waals surface area contributed by atoms with Crippen LogP contribution in [0, 0.1) is 0 Å². The molecule has 0 bridgehead atoms. The van der Waals surface area contributed by atoms with E-state index >= 15 is 0 Å². The van der Waals surface area contributed by atoms with Crippen molar-refractivity contribution >= 4 is 17.0 Å². The lowest BCUT2D eigenvalue weighted by atomic mass is 9.84. The van der Waals surface area contributed by atoms with Gasteiger partial charge in [0, 0.05) is 5.92 Å². The Kier molecular flexibility index (Phi) is 2.62. The number of hydrogen-bond donors (Lipinski definition) is 1. The van der Waals surface area contributed by atoms with Gasteiger partial charge in [0.05, 0.1) is 11.0 Å². The first-order chi connectivity index (χ1) is 9.01. The molecule has 1 fully saturated rings. The highest BCUT2D eigenvalue weighted by Crippen LogP contribution is 2.39. The lowest BCUT2D eigenvalue weighted by Crippen LogP contribution is -2.37. The van der Waals surface area contributed by atoms with Crippen LogP contribution in [0.15, 0.2) is 24.3 Å². The Morgan fingerprint density at radius 1 is 1.37 bits per heavy atom. The third-order valence-corrected chi connectivity index (χ3v) is 4.14. The lowest BCUT2D eigenvalue weighted by molar-refractivity contribution is -0.145. The SMILES string of the molecule is CC(C)(C(=O)O)n1c(C2CCC2)nc2ccccc21. The highest BCUT2D eigenvalue weighted by molar-refractivity contribution is 5.82. The minimum absolute atomic E-state index is 0.408. The summed E-state index contributed by atoms with van der Waals surface area (Å²) in [4.78, 5) is 16.3. The van der Waals surface area contributed by atoms with Gasteiger partial charge in [0.25, 0.3) is 0 Å². The van der Waals surface area contributed by atoms with Crippen LogP contribution < -0.4 is 0 Å². The van der Waals surface area contributed by atoms with E-state index in [0.29, 0.717) is 5.92 Å². The molecule has 0 radical (unpaired) electrons. The summed E-state index contributed by atoms with van der Waals surface area (Å²) < 4.78 is 1.91. The van der Waals surface area contributed by atoms with Gasteiger partial charge in [-0.3, -0.25) is 0 Å². The zero-order valence-electron chi connectivity index (χ0n) is 11.3. The summed E-state index contributed by atoms with van der Waals surface area (Å²) in [6, 6.07) is 7.78. The van der Waals surface area contributed by atoms with Crippen molar-refractivity contribution in [1.82, 2.24) is 9.55 Å². The van der Waals surface area contributed by atoms with Crippen LogP contribution in [0.1, 0.15) is 44.9 Å². The Balaban J connectivity index is 2.27. The van der Waals surface area contributed by atoms with E-state index in [9.17, 15) is 9.90 Å². The molecular weight excluding hydrogens is 240 g/mol. The summed E-state index contributed by atoms with van der Waals surface area (Å²) in [6.45, 7) is 3.48. The van der Waals surface area contributed by atoms with Gasteiger partial charge in [0.15, 0.2) is 0 Å². The van der Waals surface area contributed by atoms with Crippen LogP contribution in [0.5, 0.6) is 0 Å². The average molecular weight is 258 g/mol. The monoisotopic (exact) mass is 258 g/mol. The standard InChI is InChI=1S/C15H18N2O2/c1-15(2,14(18)19)17-12-9-4-3-8-11(12)16-13(17)10-6-5-7-10/h3-4,8-10H,5-7H2,1-2H3,(H,18,19). The quantitative estimate of drug-likeness (QED) is 0.920. The minimum Gasteiger partial charge on any atom is -0.480 e. The van der Waals surface area contributed by atoms with Crippen molar-refractivity contribution in [3.8, 4) is 0 Å². The molecule has 4 nitrogen and oxygen atoms in total. The number of carboxylic acids is 1. The maximum Gasteiger partial charge on any atom is 0.329 e. The predicted octanol–water partition coefficient (Wildman–Crippen LogP) is 3.12. The molecule has 0 spiro atoms. The van der Waals surface area contributed by atoms with Gasteiger partial charge in [-0.2, -0.15) is 0 Å². The van der Waals surface area contributed by atoms with Crippen LogP contribution in [0.3, 0.4) is 0 Å². The Bertz CT molecular complexity index is 639. The van der Waals surface area contributed by atoms with Gasteiger partial charge in [0.1, 0.15) is 11.4 Å². The van der Waals surface area contributed by atoms with Gasteiger partial charge in [0.2, 0.25) is 0 Å². The predicted molar refractivity (Wildman–Crippen MR) is 73.3 cm³/mol. The van der Waals surface area contributed by atoms with E-state index in [1.165, 1.54) is 6.42 Å². The molecular formula is C15H18N2O2. The minimum atomic E-state index is -0.971. The van der Waals surface area contributed by atoms with Gasteiger partial charge < -0.3 is 9.67 Å². The molecule has 0 atom stereocenters. The molecule has 1 aromatic heterocycles. The molecule has 0 aliphatic heterocycles. The normalized spacial score (nSPS) is 16.5. The maximum atomic E-state index is 11.6. The highest BCUT2D eigenvalue weighted by Gasteiger charge is 2.36. The number of carboxylic acid groups (broad SMARTS) is 1. The van der Waals surface area contributed by atoms with Crippen molar-refractivity contribution in [2.75, 3.05) is 0 Å². The molecule has 1 N–H and O–H groups in total. The van der Waals surface area contributed by atoms with Gasteiger partial charge >= 0.3 is 5.97 Å². The largest absolute Gasteiger partial charge is 0.480 e. The smallest absolute Gasteiger partial charge is 0.329 e. The zero-order chi connectivity index (χ0) is 13.6. The van der Waals surface area contributed by atoms with Crippen LogP contribution in [0.2, 0.25) is 0 Å². The van der Waals surface area contributed by atoms with E-state index < -0.39 is 11.5 Å². The van der Waals surface area contributed by atoms with E-state index in [-0.39, 0.29) is 0 Å². The Morgan fingerprint density at radius 2 is 2.05 bits per heavy atom. The van der Waals surface area contributed by atoms with Gasteiger partial charge in [-0.05, 0) is 38.8 Å². The first-order valence-electron chi connectivity index (χ1n) is 6.73. The molecule has 3 rings (SSSR count). The van der Waals surface area contributed by atoms with E-state index in [1.807, 2.05) is 28.8 Å². The summed E-state index contributed by atoms with van der Waals surface area (Å²) in [5.41, 5.74) is 0.830. The maximum absolute atomic E-state index is 11.6. The van der Waals surface area contributed by atoms with Crippen molar-refractivity contribution in [3.63, 3.8) is 0 Å². The number of rotatable bonds is 3. The van der Waals surface area contributed by atoms with Crippen molar-refractivity contribution in [2.45, 2.75) is 44.6 Å². The number of nitrogens with zero attached hydrogens (tertiary/aromatic N) is 2. The molecule has 1 saturated carbocycles. The summed E-state index contributed by atoms with van der Waals surface area (Å²) in [5.74, 6) is 0.516. The second-order valence-corrected chi connectivity index (χ2v) is 5.79. The number of fused-ring (bicyclic) bond motifs is 1. The summed E-state index contributed by atoms with van der Waals surface area (Å²) in [7, 11) is 0. The Hall–Kier alpha value is -1.84. The number of aliphatic carboxylic acids is 1. The first kappa shape index (κ1) is 12.2. The molecule has 0 amide bonds. The molecule has 1 aromatic carbocycles. The number of benzene rings is 1. The molecule has 1 heterocycles.